The Morgan fingerprint density at radius 3 is 2.31 bits per heavy atom. The number of nitrogens with one attached hydrogen (secondary N) is 1. The Bertz CT molecular complexity index is 1240. The average Bonchev–Trinajstić information content (AvgIpc) is 2.88. The van der Waals surface area contributed by atoms with Crippen molar-refractivity contribution in [2.75, 3.05) is 39.4 Å². The van der Waals surface area contributed by atoms with Gasteiger partial charge in [-0.05, 0) is 74.1 Å². The van der Waals surface area contributed by atoms with Gasteiger partial charge < -0.3 is 14.4 Å². The van der Waals surface area contributed by atoms with Crippen LogP contribution < -0.4 is 19.3 Å². The van der Waals surface area contributed by atoms with Crippen molar-refractivity contribution in [2.24, 2.45) is 0 Å². The molecule has 1 aliphatic rings. The van der Waals surface area contributed by atoms with Crippen molar-refractivity contribution in [1.29, 1.82) is 0 Å². The van der Waals surface area contributed by atoms with Gasteiger partial charge in [0.25, 0.3) is 10.0 Å². The van der Waals surface area contributed by atoms with E-state index in [-0.39, 0.29) is 16.9 Å². The summed E-state index contributed by atoms with van der Waals surface area (Å²) in [5, 5.41) is 1.73. The molecular weight excluding hydrogens is 469 g/mol. The van der Waals surface area contributed by atoms with Crippen molar-refractivity contribution in [3.8, 4) is 11.5 Å². The maximum atomic E-state index is 13.4. The second-order valence-corrected chi connectivity index (χ2v) is 10.3. The van der Waals surface area contributed by atoms with Crippen LogP contribution in [0.5, 0.6) is 11.5 Å². The van der Waals surface area contributed by atoms with Gasteiger partial charge in [0.2, 0.25) is 0 Å². The van der Waals surface area contributed by atoms with Gasteiger partial charge in [-0.1, -0.05) is 24.3 Å². The lowest BCUT2D eigenvalue weighted by atomic mass is 9.85. The molecule has 7 nitrogen and oxygen atoms in total. The smallest absolute Gasteiger partial charge is 0.257 e. The molecule has 0 spiro atoms. The molecule has 0 radical (unpaired) electrons. The Balaban J connectivity index is 1.75. The molecule has 1 heterocycles. The molecule has 1 saturated heterocycles. The number of hydrogen-bond donors (Lipinski definition) is 1. The first-order valence-electron chi connectivity index (χ1n) is 11.3. The van der Waals surface area contributed by atoms with Crippen molar-refractivity contribution in [2.45, 2.75) is 23.3 Å². The Labute approximate surface area is 206 Å². The lowest BCUT2D eigenvalue weighted by molar-refractivity contribution is 0.218. The van der Waals surface area contributed by atoms with E-state index in [1.165, 1.54) is 12.1 Å². The number of nitrogens with zero attached hydrogens (tertiary/aromatic N) is 2. The second kappa shape index (κ2) is 10.6. The molecular formula is C26H30FN3O4S. The van der Waals surface area contributed by atoms with Crippen LogP contribution in [0.4, 0.5) is 10.1 Å². The molecule has 9 heteroatoms. The van der Waals surface area contributed by atoms with Crippen LogP contribution in [0.3, 0.4) is 0 Å². The van der Waals surface area contributed by atoms with E-state index in [4.69, 9.17) is 9.47 Å². The second-order valence-electron chi connectivity index (χ2n) is 8.59. The number of methoxy groups -OCH3 is 2. The van der Waals surface area contributed by atoms with Crippen molar-refractivity contribution < 1.29 is 22.3 Å². The fraction of sp³-hybridized carbons (Fsp3) is 0.308. The molecule has 0 aromatic heterocycles. The Kier molecular flexibility index (Phi) is 7.59. The Morgan fingerprint density at radius 1 is 0.971 bits per heavy atom. The summed E-state index contributed by atoms with van der Waals surface area (Å²) in [4.78, 5) is 5.02. The number of likely N-dealkylation sites (tertiary alicyclic amines) is 1. The summed E-state index contributed by atoms with van der Waals surface area (Å²) in [6.07, 6.45) is 0.719. The zero-order valence-corrected chi connectivity index (χ0v) is 20.8. The SMILES string of the molecule is COc1ccc(C2CN(C)CCC2N(NS(=O)(=O)c2ccc(F)cc2)c2ccccc2)cc1OC. The molecule has 1 aliphatic heterocycles. The molecule has 186 valence electrons. The minimum Gasteiger partial charge on any atom is -0.493 e. The number of ether oxygens (including phenoxy) is 2. The first-order chi connectivity index (χ1) is 16.8. The predicted molar refractivity (Wildman–Crippen MR) is 134 cm³/mol. The third-order valence-electron chi connectivity index (χ3n) is 6.32. The number of halogens is 1. The molecule has 3 aromatic rings. The maximum Gasteiger partial charge on any atom is 0.257 e. The van der Waals surface area contributed by atoms with E-state index in [1.807, 2.05) is 48.5 Å². The minimum absolute atomic E-state index is 0.00424. The molecule has 2 atom stereocenters. The highest BCUT2D eigenvalue weighted by atomic mass is 32.2. The number of piperidine rings is 1. The summed E-state index contributed by atoms with van der Waals surface area (Å²) in [5.41, 5.74) is 1.74. The van der Waals surface area contributed by atoms with Crippen molar-refractivity contribution in [3.63, 3.8) is 0 Å². The fourth-order valence-electron chi connectivity index (χ4n) is 4.52. The van der Waals surface area contributed by atoms with Gasteiger partial charge in [-0.15, -0.1) is 4.83 Å². The van der Waals surface area contributed by atoms with Crippen molar-refractivity contribution in [3.05, 3.63) is 84.2 Å². The largest absolute Gasteiger partial charge is 0.493 e. The Morgan fingerprint density at radius 2 is 1.66 bits per heavy atom. The summed E-state index contributed by atoms with van der Waals surface area (Å²) in [6, 6.07) is 19.8. The third kappa shape index (κ3) is 5.58. The average molecular weight is 500 g/mol. The normalized spacial score (nSPS) is 18.7. The van der Waals surface area contributed by atoms with Crippen LogP contribution in [-0.4, -0.2) is 53.7 Å². The van der Waals surface area contributed by atoms with Crippen LogP contribution in [0.25, 0.3) is 0 Å². The van der Waals surface area contributed by atoms with E-state index >= 15 is 0 Å². The first kappa shape index (κ1) is 25.0. The lowest BCUT2D eigenvalue weighted by Crippen LogP contribution is -2.55. The van der Waals surface area contributed by atoms with E-state index in [1.54, 1.807) is 19.2 Å². The van der Waals surface area contributed by atoms with Gasteiger partial charge in [0, 0.05) is 12.5 Å². The number of sulfonamides is 1. The van der Waals surface area contributed by atoms with E-state index in [0.29, 0.717) is 11.5 Å². The zero-order valence-electron chi connectivity index (χ0n) is 20.0. The molecule has 1 N–H and O–H groups in total. The number of rotatable bonds is 8. The van der Waals surface area contributed by atoms with Crippen molar-refractivity contribution in [1.82, 2.24) is 9.73 Å². The van der Waals surface area contributed by atoms with E-state index < -0.39 is 15.8 Å². The first-order valence-corrected chi connectivity index (χ1v) is 12.8. The molecule has 35 heavy (non-hydrogen) atoms. The molecule has 1 fully saturated rings. The maximum absolute atomic E-state index is 13.4. The molecule has 4 rings (SSSR count). The van der Waals surface area contributed by atoms with Gasteiger partial charge in [-0.2, -0.15) is 0 Å². The number of para-hydroxylation sites is 1. The summed E-state index contributed by atoms with van der Waals surface area (Å²) >= 11 is 0. The highest BCUT2D eigenvalue weighted by Gasteiger charge is 2.36. The number of hydrogen-bond acceptors (Lipinski definition) is 6. The van der Waals surface area contributed by atoms with Crippen LogP contribution in [0.15, 0.2) is 77.7 Å². The standard InChI is InChI=1S/C26H30FN3O4S/c1-29-16-15-24(23(18-29)19-9-14-25(33-2)26(17-19)34-3)30(21-7-5-4-6-8-21)28-35(31,32)22-12-10-20(27)11-13-22/h4-14,17,23-24,28H,15-16,18H2,1-3H3. The molecule has 2 unspecified atom stereocenters. The van der Waals surface area contributed by atoms with Crippen LogP contribution in [0.2, 0.25) is 0 Å². The number of hydrazine groups is 1. The number of likely N-dealkylation sites (N-methyl/N-ethyl adjacent to an activating group) is 1. The highest BCUT2D eigenvalue weighted by Crippen LogP contribution is 2.37. The van der Waals surface area contributed by atoms with Gasteiger partial charge in [-0.25, -0.2) is 12.8 Å². The third-order valence-corrected chi connectivity index (χ3v) is 7.65. The summed E-state index contributed by atoms with van der Waals surface area (Å²) in [5.74, 6) is 0.724. The fourth-order valence-corrected chi connectivity index (χ4v) is 5.62. The van der Waals surface area contributed by atoms with Gasteiger partial charge in [0.1, 0.15) is 5.82 Å². The van der Waals surface area contributed by atoms with Crippen LogP contribution in [0.1, 0.15) is 17.9 Å². The van der Waals surface area contributed by atoms with E-state index in [2.05, 4.69) is 16.8 Å². The summed E-state index contributed by atoms with van der Waals surface area (Å²) < 4.78 is 51.0. The zero-order chi connectivity index (χ0) is 25.0. The van der Waals surface area contributed by atoms with Gasteiger partial charge in [-0.3, -0.25) is 5.01 Å². The molecule has 3 aromatic carbocycles. The van der Waals surface area contributed by atoms with Crippen molar-refractivity contribution >= 4 is 15.7 Å². The topological polar surface area (TPSA) is 71.1 Å². The molecule has 0 bridgehead atoms. The number of benzene rings is 3. The monoisotopic (exact) mass is 499 g/mol. The Hall–Kier alpha value is -3.14. The summed E-state index contributed by atoms with van der Waals surface area (Å²) in [6.45, 7) is 1.53. The van der Waals surface area contributed by atoms with Gasteiger partial charge in [0.15, 0.2) is 11.5 Å². The predicted octanol–water partition coefficient (Wildman–Crippen LogP) is 4.03. The van der Waals surface area contributed by atoms with Crippen LogP contribution >= 0.6 is 0 Å². The number of anilines is 1. The van der Waals surface area contributed by atoms with Crippen LogP contribution in [0, 0.1) is 5.82 Å². The molecule has 0 saturated carbocycles. The lowest BCUT2D eigenvalue weighted by Gasteiger charge is -2.44. The van der Waals surface area contributed by atoms with E-state index in [9.17, 15) is 12.8 Å². The van der Waals surface area contributed by atoms with Gasteiger partial charge >= 0.3 is 0 Å². The summed E-state index contributed by atoms with van der Waals surface area (Å²) in [7, 11) is 1.28. The molecule has 0 aliphatic carbocycles. The molecule has 0 amide bonds. The van der Waals surface area contributed by atoms with Crippen LogP contribution in [-0.2, 0) is 10.0 Å². The highest BCUT2D eigenvalue weighted by molar-refractivity contribution is 7.89. The minimum atomic E-state index is -3.97. The van der Waals surface area contributed by atoms with Gasteiger partial charge in [0.05, 0.1) is 30.8 Å². The quantitative estimate of drug-likeness (QED) is 0.472. The van der Waals surface area contributed by atoms with E-state index in [0.717, 1.165) is 42.9 Å².